The Balaban J connectivity index is 1.70. The monoisotopic (exact) mass is 554 g/mol. The third kappa shape index (κ3) is 9.57. The van der Waals surface area contributed by atoms with Crippen molar-refractivity contribution in [1.29, 1.82) is 5.41 Å². The van der Waals surface area contributed by atoms with Gasteiger partial charge in [0.25, 0.3) is 0 Å². The summed E-state index contributed by atoms with van der Waals surface area (Å²) in [5.74, 6) is -0.229. The lowest BCUT2D eigenvalue weighted by Crippen LogP contribution is -2.52. The SMILES string of the molecule is CCNC(=O)NC1CCN(C(=O)C(Cc2cccc(C(=N)N)c2)NSc2cccc(NC(=O)CCN)c2)CC1. The van der Waals surface area contributed by atoms with Crippen molar-refractivity contribution < 1.29 is 14.4 Å². The first-order valence-corrected chi connectivity index (χ1v) is 13.9. The number of urea groups is 1. The fraction of sp³-hybridized carbons (Fsp3) is 0.407. The van der Waals surface area contributed by atoms with Crippen LogP contribution in [0, 0.1) is 5.41 Å². The Hall–Kier alpha value is -3.61. The van der Waals surface area contributed by atoms with Gasteiger partial charge in [-0.05, 0) is 68.0 Å². The molecule has 39 heavy (non-hydrogen) atoms. The summed E-state index contributed by atoms with van der Waals surface area (Å²) >= 11 is 1.31. The Morgan fingerprint density at radius 2 is 1.87 bits per heavy atom. The standard InChI is InChI=1S/C27H38N8O3S/c1-2-31-27(38)33-20-10-13-35(14-11-20)26(37)23(16-18-5-3-6-19(15-18)25(29)30)34-39-22-8-4-7-21(17-22)32-24(36)9-12-28/h3-8,15,17,20,23,34H,2,9-14,16,28H2,1H3,(H3,29,30)(H,32,36)(H2,31,33,38). The van der Waals surface area contributed by atoms with Gasteiger partial charge in [-0.25, -0.2) is 9.52 Å². The number of hydrogen-bond donors (Lipinski definition) is 7. The number of amidine groups is 1. The zero-order valence-electron chi connectivity index (χ0n) is 22.2. The van der Waals surface area contributed by atoms with Gasteiger partial charge in [0.15, 0.2) is 0 Å². The Morgan fingerprint density at radius 3 is 2.56 bits per heavy atom. The van der Waals surface area contributed by atoms with Gasteiger partial charge in [-0.1, -0.05) is 24.3 Å². The van der Waals surface area contributed by atoms with E-state index >= 15 is 0 Å². The lowest BCUT2D eigenvalue weighted by Gasteiger charge is -2.34. The fourth-order valence-corrected chi connectivity index (χ4v) is 5.07. The highest BCUT2D eigenvalue weighted by Crippen LogP contribution is 2.22. The molecule has 1 unspecified atom stereocenters. The number of anilines is 1. The minimum atomic E-state index is -0.555. The van der Waals surface area contributed by atoms with E-state index in [1.807, 2.05) is 48.2 Å². The first kappa shape index (κ1) is 29.9. The summed E-state index contributed by atoms with van der Waals surface area (Å²) in [4.78, 5) is 40.1. The van der Waals surface area contributed by atoms with Gasteiger partial charge in [-0.3, -0.25) is 15.0 Å². The predicted molar refractivity (Wildman–Crippen MR) is 154 cm³/mol. The molecule has 1 aliphatic heterocycles. The molecule has 2 aromatic rings. The van der Waals surface area contributed by atoms with Crippen LogP contribution in [0.25, 0.3) is 0 Å². The van der Waals surface area contributed by atoms with E-state index < -0.39 is 6.04 Å². The summed E-state index contributed by atoms with van der Waals surface area (Å²) in [5.41, 5.74) is 13.3. The molecule has 9 N–H and O–H groups in total. The number of nitrogen functional groups attached to an aromatic ring is 1. The third-order valence-corrected chi connectivity index (χ3v) is 7.16. The zero-order chi connectivity index (χ0) is 28.2. The first-order chi connectivity index (χ1) is 18.8. The van der Waals surface area contributed by atoms with E-state index in [4.69, 9.17) is 16.9 Å². The number of amides is 4. The van der Waals surface area contributed by atoms with E-state index in [2.05, 4.69) is 20.7 Å². The summed E-state index contributed by atoms with van der Waals surface area (Å²) in [6, 6.07) is 14.0. The summed E-state index contributed by atoms with van der Waals surface area (Å²) in [7, 11) is 0. The summed E-state index contributed by atoms with van der Waals surface area (Å²) in [6.45, 7) is 3.77. The quantitative estimate of drug-likeness (QED) is 0.119. The molecule has 1 atom stereocenters. The maximum Gasteiger partial charge on any atom is 0.314 e. The first-order valence-electron chi connectivity index (χ1n) is 13.1. The molecule has 3 rings (SSSR count). The number of nitrogens with zero attached hydrogens (tertiary/aromatic N) is 1. The van der Waals surface area contributed by atoms with Crippen molar-refractivity contribution in [3.05, 3.63) is 59.7 Å². The van der Waals surface area contributed by atoms with Crippen LogP contribution in [-0.2, 0) is 16.0 Å². The van der Waals surface area contributed by atoms with Crippen molar-refractivity contribution in [2.24, 2.45) is 11.5 Å². The van der Waals surface area contributed by atoms with Crippen molar-refractivity contribution in [2.45, 2.75) is 49.6 Å². The van der Waals surface area contributed by atoms with Gasteiger partial charge in [0, 0.05) is 54.8 Å². The van der Waals surface area contributed by atoms with Crippen LogP contribution in [0.5, 0.6) is 0 Å². The normalized spacial score (nSPS) is 14.4. The van der Waals surface area contributed by atoms with Gasteiger partial charge in [0.1, 0.15) is 11.9 Å². The minimum absolute atomic E-state index is 0.0193. The van der Waals surface area contributed by atoms with Gasteiger partial charge < -0.3 is 32.3 Å². The molecule has 1 saturated heterocycles. The van der Waals surface area contributed by atoms with E-state index in [0.717, 1.165) is 10.5 Å². The van der Waals surface area contributed by atoms with E-state index in [0.29, 0.717) is 50.1 Å². The highest BCUT2D eigenvalue weighted by atomic mass is 32.2. The molecule has 0 bridgehead atoms. The number of likely N-dealkylation sites (tertiary alicyclic amines) is 1. The van der Waals surface area contributed by atoms with Crippen LogP contribution >= 0.6 is 11.9 Å². The number of carbonyl (C=O) groups excluding carboxylic acids is 3. The number of benzene rings is 2. The third-order valence-electron chi connectivity index (χ3n) is 6.26. The van der Waals surface area contributed by atoms with E-state index in [1.54, 1.807) is 12.1 Å². The van der Waals surface area contributed by atoms with Crippen LogP contribution < -0.4 is 32.1 Å². The second-order valence-corrected chi connectivity index (χ2v) is 10.2. The van der Waals surface area contributed by atoms with Crippen LogP contribution in [0.1, 0.15) is 37.3 Å². The number of hydrogen-bond acceptors (Lipinski definition) is 7. The highest BCUT2D eigenvalue weighted by molar-refractivity contribution is 7.97. The van der Waals surface area contributed by atoms with Crippen molar-refractivity contribution in [3.63, 3.8) is 0 Å². The summed E-state index contributed by atoms with van der Waals surface area (Å²) < 4.78 is 3.32. The second-order valence-electron chi connectivity index (χ2n) is 9.31. The topological polar surface area (TPSA) is 178 Å². The molecule has 1 aliphatic rings. The zero-order valence-corrected chi connectivity index (χ0v) is 23.0. The second kappa shape index (κ2) is 15.1. The number of nitrogens with one attached hydrogen (secondary N) is 5. The minimum Gasteiger partial charge on any atom is -0.384 e. The molecule has 0 spiro atoms. The molecule has 4 amide bonds. The van der Waals surface area contributed by atoms with Crippen LogP contribution in [0.15, 0.2) is 53.4 Å². The Morgan fingerprint density at radius 1 is 1.13 bits per heavy atom. The molecule has 2 aromatic carbocycles. The van der Waals surface area contributed by atoms with Crippen LogP contribution in [0.3, 0.4) is 0 Å². The van der Waals surface area contributed by atoms with Crippen LogP contribution in [0.4, 0.5) is 10.5 Å². The number of carbonyl (C=O) groups is 3. The predicted octanol–water partition coefficient (Wildman–Crippen LogP) is 1.78. The fourth-order valence-electron chi connectivity index (χ4n) is 4.27. The van der Waals surface area contributed by atoms with Gasteiger partial charge in [-0.15, -0.1) is 0 Å². The van der Waals surface area contributed by atoms with Gasteiger partial charge in [0.2, 0.25) is 11.8 Å². The average molecular weight is 555 g/mol. The molecule has 0 saturated carbocycles. The van der Waals surface area contributed by atoms with E-state index in [1.165, 1.54) is 11.9 Å². The van der Waals surface area contributed by atoms with Crippen molar-refractivity contribution in [1.82, 2.24) is 20.3 Å². The van der Waals surface area contributed by atoms with Gasteiger partial charge in [0.05, 0.1) is 0 Å². The van der Waals surface area contributed by atoms with E-state index in [-0.39, 0.29) is 42.7 Å². The lowest BCUT2D eigenvalue weighted by molar-refractivity contribution is -0.134. The van der Waals surface area contributed by atoms with E-state index in [9.17, 15) is 14.4 Å². The molecule has 210 valence electrons. The molecule has 1 heterocycles. The number of piperidine rings is 1. The Bertz CT molecular complexity index is 1150. The van der Waals surface area contributed by atoms with Gasteiger partial charge >= 0.3 is 6.03 Å². The summed E-state index contributed by atoms with van der Waals surface area (Å²) in [6.07, 6.45) is 1.98. The molecule has 12 heteroatoms. The number of nitrogens with two attached hydrogens (primary N) is 2. The van der Waals surface area contributed by atoms with Crippen LogP contribution in [-0.4, -0.2) is 66.8 Å². The molecule has 0 aromatic heterocycles. The maximum absolute atomic E-state index is 13.7. The number of rotatable bonds is 12. The van der Waals surface area contributed by atoms with Crippen molar-refractivity contribution in [3.8, 4) is 0 Å². The van der Waals surface area contributed by atoms with Crippen LogP contribution in [0.2, 0.25) is 0 Å². The van der Waals surface area contributed by atoms with Crippen molar-refractivity contribution in [2.75, 3.05) is 31.5 Å². The molecular formula is C27H38N8O3S. The van der Waals surface area contributed by atoms with Crippen molar-refractivity contribution >= 4 is 41.3 Å². The maximum atomic E-state index is 13.7. The average Bonchev–Trinajstić information content (AvgIpc) is 2.91. The molecular weight excluding hydrogens is 516 g/mol. The largest absolute Gasteiger partial charge is 0.384 e. The molecule has 1 fully saturated rings. The highest BCUT2D eigenvalue weighted by Gasteiger charge is 2.29. The Kier molecular flexibility index (Phi) is 11.6. The Labute approximate surface area is 233 Å². The molecule has 0 radical (unpaired) electrons. The van der Waals surface area contributed by atoms with Gasteiger partial charge in [-0.2, -0.15) is 0 Å². The smallest absolute Gasteiger partial charge is 0.314 e. The molecule has 0 aliphatic carbocycles. The molecule has 11 nitrogen and oxygen atoms in total. The summed E-state index contributed by atoms with van der Waals surface area (Å²) in [5, 5.41) is 16.3. The lowest BCUT2D eigenvalue weighted by atomic mass is 10.0.